The Kier molecular flexibility index (Phi) is 5.54. The first kappa shape index (κ1) is 16.0. The van der Waals surface area contributed by atoms with E-state index < -0.39 is 11.2 Å². The van der Waals surface area contributed by atoms with Crippen molar-refractivity contribution >= 4 is 11.6 Å². The molecule has 0 atom stereocenters. The van der Waals surface area contributed by atoms with Crippen molar-refractivity contribution in [2.75, 3.05) is 18.8 Å². The second-order valence-corrected chi connectivity index (χ2v) is 4.52. The van der Waals surface area contributed by atoms with Crippen LogP contribution in [-0.2, 0) is 17.9 Å². The molecule has 7 heteroatoms. The van der Waals surface area contributed by atoms with Crippen LogP contribution in [0.5, 0.6) is 0 Å². The predicted molar refractivity (Wildman–Crippen MR) is 77.6 cm³/mol. The van der Waals surface area contributed by atoms with Crippen LogP contribution >= 0.6 is 0 Å². The maximum atomic E-state index is 12.2. The molecule has 1 rings (SSSR count). The predicted octanol–water partition coefficient (Wildman–Crippen LogP) is -0.129. The van der Waals surface area contributed by atoms with Crippen molar-refractivity contribution in [3.05, 3.63) is 27.0 Å². The molecule has 0 aliphatic heterocycles. The number of carbonyl (C=O) groups is 1. The quantitative estimate of drug-likeness (QED) is 0.787. The van der Waals surface area contributed by atoms with Crippen molar-refractivity contribution in [1.29, 1.82) is 0 Å². The number of aromatic nitrogens is 2. The summed E-state index contributed by atoms with van der Waals surface area (Å²) in [6.07, 6.45) is 2.08. The maximum absolute atomic E-state index is 12.2. The number of likely N-dealkylation sites (N-methyl/N-ethyl adjacent to an activating group) is 1. The SMILES string of the molecule is CCCn1cc(N)c(=O)n(CC(=O)N(CC)CC)c1=O. The normalized spacial score (nSPS) is 10.6. The van der Waals surface area contributed by atoms with E-state index in [1.54, 1.807) is 4.90 Å². The number of aryl methyl sites for hydroxylation is 1. The minimum Gasteiger partial charge on any atom is -0.393 e. The van der Waals surface area contributed by atoms with E-state index in [9.17, 15) is 14.4 Å². The molecule has 0 aromatic carbocycles. The van der Waals surface area contributed by atoms with Gasteiger partial charge in [0.2, 0.25) is 5.91 Å². The number of carbonyl (C=O) groups excluding carboxylic acids is 1. The molecular weight excluding hydrogens is 260 g/mol. The Morgan fingerprint density at radius 2 is 1.85 bits per heavy atom. The number of nitrogen functional groups attached to an aromatic ring is 1. The van der Waals surface area contributed by atoms with Gasteiger partial charge in [-0.1, -0.05) is 6.92 Å². The first-order valence-corrected chi connectivity index (χ1v) is 6.83. The van der Waals surface area contributed by atoms with Crippen LogP contribution in [0.3, 0.4) is 0 Å². The number of hydrogen-bond donors (Lipinski definition) is 1. The molecule has 20 heavy (non-hydrogen) atoms. The van der Waals surface area contributed by atoms with Crippen LogP contribution in [-0.4, -0.2) is 33.0 Å². The third-order valence-corrected chi connectivity index (χ3v) is 3.14. The first-order valence-electron chi connectivity index (χ1n) is 6.83. The van der Waals surface area contributed by atoms with Crippen molar-refractivity contribution in [3.63, 3.8) is 0 Å². The third-order valence-electron chi connectivity index (χ3n) is 3.14. The van der Waals surface area contributed by atoms with E-state index >= 15 is 0 Å². The molecule has 0 saturated heterocycles. The molecular formula is C13H22N4O3. The van der Waals surface area contributed by atoms with Gasteiger partial charge in [0.05, 0.1) is 0 Å². The van der Waals surface area contributed by atoms with Gasteiger partial charge in [0.15, 0.2) is 0 Å². The van der Waals surface area contributed by atoms with E-state index in [1.165, 1.54) is 10.8 Å². The molecule has 1 aromatic heterocycles. The summed E-state index contributed by atoms with van der Waals surface area (Å²) >= 11 is 0. The van der Waals surface area contributed by atoms with Gasteiger partial charge in [-0.3, -0.25) is 14.2 Å². The highest BCUT2D eigenvalue weighted by Crippen LogP contribution is 1.95. The molecule has 112 valence electrons. The molecule has 0 saturated carbocycles. The van der Waals surface area contributed by atoms with Gasteiger partial charge < -0.3 is 10.6 Å². The molecule has 0 fully saturated rings. The smallest absolute Gasteiger partial charge is 0.331 e. The van der Waals surface area contributed by atoms with Crippen LogP contribution in [0.2, 0.25) is 0 Å². The summed E-state index contributed by atoms with van der Waals surface area (Å²) in [4.78, 5) is 37.7. The summed E-state index contributed by atoms with van der Waals surface area (Å²) in [6, 6.07) is 0. The Bertz CT molecular complexity index is 584. The van der Waals surface area contributed by atoms with Crippen LogP contribution in [0.15, 0.2) is 15.8 Å². The monoisotopic (exact) mass is 282 g/mol. The first-order chi connectivity index (χ1) is 9.46. The van der Waals surface area contributed by atoms with Gasteiger partial charge in [-0.25, -0.2) is 9.36 Å². The van der Waals surface area contributed by atoms with E-state index in [0.717, 1.165) is 11.0 Å². The summed E-state index contributed by atoms with van der Waals surface area (Å²) in [7, 11) is 0. The van der Waals surface area contributed by atoms with Crippen molar-refractivity contribution in [3.8, 4) is 0 Å². The van der Waals surface area contributed by atoms with Gasteiger partial charge >= 0.3 is 5.69 Å². The van der Waals surface area contributed by atoms with E-state index in [-0.39, 0.29) is 18.1 Å². The highest BCUT2D eigenvalue weighted by molar-refractivity contribution is 5.75. The zero-order chi connectivity index (χ0) is 15.3. The van der Waals surface area contributed by atoms with Crippen molar-refractivity contribution in [1.82, 2.24) is 14.0 Å². The largest absolute Gasteiger partial charge is 0.393 e. The van der Waals surface area contributed by atoms with Crippen LogP contribution < -0.4 is 17.0 Å². The van der Waals surface area contributed by atoms with Gasteiger partial charge in [-0.05, 0) is 20.3 Å². The van der Waals surface area contributed by atoms with Gasteiger partial charge in [-0.15, -0.1) is 0 Å². The molecule has 0 spiro atoms. The molecule has 1 amide bonds. The fourth-order valence-electron chi connectivity index (χ4n) is 2.03. The summed E-state index contributed by atoms with van der Waals surface area (Å²) in [6.45, 7) is 6.87. The zero-order valence-electron chi connectivity index (χ0n) is 12.3. The molecule has 1 heterocycles. The van der Waals surface area contributed by atoms with Gasteiger partial charge in [0.25, 0.3) is 5.56 Å². The molecule has 0 aliphatic carbocycles. The lowest BCUT2D eigenvalue weighted by molar-refractivity contribution is -0.131. The van der Waals surface area contributed by atoms with E-state index in [0.29, 0.717) is 19.6 Å². The summed E-state index contributed by atoms with van der Waals surface area (Å²) in [5.74, 6) is -0.261. The zero-order valence-corrected chi connectivity index (χ0v) is 12.3. The van der Waals surface area contributed by atoms with Crippen LogP contribution in [0.4, 0.5) is 5.69 Å². The van der Waals surface area contributed by atoms with E-state index in [4.69, 9.17) is 5.73 Å². The third kappa shape index (κ3) is 3.28. The number of anilines is 1. The lowest BCUT2D eigenvalue weighted by Gasteiger charge is -2.19. The molecule has 1 aromatic rings. The maximum Gasteiger partial charge on any atom is 0.331 e. The summed E-state index contributed by atoms with van der Waals surface area (Å²) in [5.41, 5.74) is 4.49. The molecule has 7 nitrogen and oxygen atoms in total. The lowest BCUT2D eigenvalue weighted by atomic mass is 10.4. The topological polar surface area (TPSA) is 90.3 Å². The summed E-state index contributed by atoms with van der Waals surface area (Å²) in [5, 5.41) is 0. The second-order valence-electron chi connectivity index (χ2n) is 4.52. The number of hydrogen-bond acceptors (Lipinski definition) is 4. The summed E-state index contributed by atoms with van der Waals surface area (Å²) < 4.78 is 2.28. The van der Waals surface area contributed by atoms with Crippen LogP contribution in [0.1, 0.15) is 27.2 Å². The van der Waals surface area contributed by atoms with Crippen LogP contribution in [0.25, 0.3) is 0 Å². The Labute approximate surface area is 117 Å². The highest BCUT2D eigenvalue weighted by atomic mass is 16.2. The molecule has 0 bridgehead atoms. The van der Waals surface area contributed by atoms with Crippen molar-refractivity contribution in [2.45, 2.75) is 40.3 Å². The minimum absolute atomic E-state index is 0.0228. The standard InChI is InChI=1S/C13H22N4O3/c1-4-7-16-8-10(14)12(19)17(13(16)20)9-11(18)15(5-2)6-3/h8H,4-7,9,14H2,1-3H3. The number of nitrogens with two attached hydrogens (primary N) is 1. The Balaban J connectivity index is 3.21. The number of nitrogens with zero attached hydrogens (tertiary/aromatic N) is 3. The molecule has 0 unspecified atom stereocenters. The highest BCUT2D eigenvalue weighted by Gasteiger charge is 2.15. The van der Waals surface area contributed by atoms with Gasteiger partial charge in [-0.2, -0.15) is 0 Å². The second kappa shape index (κ2) is 6.93. The minimum atomic E-state index is -0.608. The lowest BCUT2D eigenvalue weighted by Crippen LogP contribution is -2.45. The number of rotatable bonds is 6. The molecule has 0 aliphatic rings. The Hall–Kier alpha value is -2.05. The average molecular weight is 282 g/mol. The van der Waals surface area contributed by atoms with Crippen LogP contribution in [0, 0.1) is 0 Å². The molecule has 0 radical (unpaired) electrons. The number of amides is 1. The molecule has 2 N–H and O–H groups in total. The average Bonchev–Trinajstić information content (AvgIpc) is 2.42. The fourth-order valence-corrected chi connectivity index (χ4v) is 2.03. The van der Waals surface area contributed by atoms with Gasteiger partial charge in [0.1, 0.15) is 12.2 Å². The van der Waals surface area contributed by atoms with Gasteiger partial charge in [0, 0.05) is 25.8 Å². The van der Waals surface area contributed by atoms with E-state index in [2.05, 4.69) is 0 Å². The van der Waals surface area contributed by atoms with E-state index in [1.807, 2.05) is 20.8 Å². The fraction of sp³-hybridized carbons (Fsp3) is 0.615. The van der Waals surface area contributed by atoms with Crippen molar-refractivity contribution < 1.29 is 4.79 Å². The Morgan fingerprint density at radius 3 is 2.35 bits per heavy atom. The Morgan fingerprint density at radius 1 is 1.25 bits per heavy atom. The van der Waals surface area contributed by atoms with Crippen molar-refractivity contribution in [2.24, 2.45) is 0 Å².